The van der Waals surface area contributed by atoms with Crippen LogP contribution < -0.4 is 11.1 Å². The van der Waals surface area contributed by atoms with E-state index < -0.39 is 12.0 Å². The van der Waals surface area contributed by atoms with E-state index in [1.807, 2.05) is 36.4 Å². The van der Waals surface area contributed by atoms with Crippen LogP contribution >= 0.6 is 0 Å². The molecule has 1 amide bonds. The minimum atomic E-state index is -1.15. The number of nitrogens with one attached hydrogen (secondary N) is 2. The van der Waals surface area contributed by atoms with Crippen LogP contribution in [0.5, 0.6) is 0 Å². The van der Waals surface area contributed by atoms with Gasteiger partial charge >= 0.3 is 5.97 Å². The van der Waals surface area contributed by atoms with Crippen molar-refractivity contribution in [3.05, 3.63) is 83.6 Å². The second kappa shape index (κ2) is 9.25. The Morgan fingerprint density at radius 1 is 0.971 bits per heavy atom. The molecule has 1 atom stereocenters. The summed E-state index contributed by atoms with van der Waals surface area (Å²) in [5, 5.41) is 24.0. The SMILES string of the molecule is N=C(N)c1ccc2cc(C(=O)NC3CCCCC3)n(C(C(=O)O)c3cccc4ccccc34)c2c1. The van der Waals surface area contributed by atoms with Crippen molar-refractivity contribution >= 4 is 39.4 Å². The predicted molar refractivity (Wildman–Crippen MR) is 137 cm³/mol. The Bertz CT molecular complexity index is 1440. The van der Waals surface area contributed by atoms with Gasteiger partial charge in [-0.05, 0) is 41.3 Å². The van der Waals surface area contributed by atoms with Crippen molar-refractivity contribution < 1.29 is 14.7 Å². The lowest BCUT2D eigenvalue weighted by Gasteiger charge is -2.25. The molecule has 178 valence electrons. The first-order chi connectivity index (χ1) is 16.9. The summed E-state index contributed by atoms with van der Waals surface area (Å²) in [6, 6.07) is 19.1. The minimum absolute atomic E-state index is 0.0799. The van der Waals surface area contributed by atoms with Crippen LogP contribution in [0.3, 0.4) is 0 Å². The average Bonchev–Trinajstić information content (AvgIpc) is 3.23. The average molecular weight is 469 g/mol. The quantitative estimate of drug-likeness (QED) is 0.239. The molecular formula is C28H28N4O3. The van der Waals surface area contributed by atoms with E-state index in [1.165, 1.54) is 6.42 Å². The summed E-state index contributed by atoms with van der Waals surface area (Å²) in [7, 11) is 0. The predicted octanol–water partition coefficient (Wildman–Crippen LogP) is 4.82. The van der Waals surface area contributed by atoms with Crippen molar-refractivity contribution in [3.8, 4) is 0 Å². The number of hydrogen-bond donors (Lipinski definition) is 4. The maximum absolute atomic E-state index is 13.6. The highest BCUT2D eigenvalue weighted by Gasteiger charge is 2.30. The van der Waals surface area contributed by atoms with Crippen molar-refractivity contribution in [2.24, 2.45) is 5.73 Å². The normalized spacial score (nSPS) is 15.2. The number of nitrogens with two attached hydrogens (primary N) is 1. The van der Waals surface area contributed by atoms with E-state index in [-0.39, 0.29) is 23.5 Å². The van der Waals surface area contributed by atoms with Gasteiger partial charge in [0.25, 0.3) is 5.91 Å². The molecule has 1 saturated carbocycles. The van der Waals surface area contributed by atoms with Gasteiger partial charge in [-0.2, -0.15) is 0 Å². The van der Waals surface area contributed by atoms with Crippen LogP contribution in [-0.4, -0.2) is 33.4 Å². The van der Waals surface area contributed by atoms with Crippen LogP contribution in [0.4, 0.5) is 0 Å². The molecule has 0 bridgehead atoms. The summed E-state index contributed by atoms with van der Waals surface area (Å²) < 4.78 is 1.59. The number of aliphatic carboxylic acids is 1. The zero-order valence-electron chi connectivity index (χ0n) is 19.3. The molecule has 1 aromatic heterocycles. The second-order valence-corrected chi connectivity index (χ2v) is 9.20. The van der Waals surface area contributed by atoms with E-state index in [9.17, 15) is 14.7 Å². The largest absolute Gasteiger partial charge is 0.479 e. The summed E-state index contributed by atoms with van der Waals surface area (Å²) in [5.74, 6) is -1.48. The van der Waals surface area contributed by atoms with Crippen LogP contribution in [0.2, 0.25) is 0 Å². The molecule has 3 aromatic carbocycles. The first-order valence-corrected chi connectivity index (χ1v) is 11.9. The Hall–Kier alpha value is -4.13. The van der Waals surface area contributed by atoms with Gasteiger partial charge in [-0.15, -0.1) is 0 Å². The van der Waals surface area contributed by atoms with Crippen LogP contribution in [0.25, 0.3) is 21.7 Å². The molecule has 4 aromatic rings. The van der Waals surface area contributed by atoms with Gasteiger partial charge in [-0.3, -0.25) is 10.2 Å². The molecule has 1 unspecified atom stereocenters. The lowest BCUT2D eigenvalue weighted by molar-refractivity contribution is -0.139. The number of carbonyl (C=O) groups excluding carboxylic acids is 1. The molecule has 0 saturated heterocycles. The Labute approximate surface area is 203 Å². The molecule has 7 nitrogen and oxygen atoms in total. The fraction of sp³-hybridized carbons (Fsp3) is 0.250. The topological polar surface area (TPSA) is 121 Å². The fourth-order valence-corrected chi connectivity index (χ4v) is 5.22. The zero-order valence-corrected chi connectivity index (χ0v) is 19.3. The Morgan fingerprint density at radius 3 is 2.46 bits per heavy atom. The number of rotatable bonds is 6. The minimum Gasteiger partial charge on any atom is -0.479 e. The number of carboxylic acids is 1. The summed E-state index contributed by atoms with van der Waals surface area (Å²) in [6.07, 6.45) is 5.16. The molecule has 35 heavy (non-hydrogen) atoms. The van der Waals surface area contributed by atoms with Crippen LogP contribution in [0.1, 0.15) is 59.8 Å². The van der Waals surface area contributed by atoms with Crippen molar-refractivity contribution in [3.63, 3.8) is 0 Å². The maximum atomic E-state index is 13.6. The van der Waals surface area contributed by atoms with Crippen molar-refractivity contribution in [1.82, 2.24) is 9.88 Å². The number of hydrogen-bond acceptors (Lipinski definition) is 3. The summed E-state index contributed by atoms with van der Waals surface area (Å²) in [4.78, 5) is 26.4. The zero-order chi connectivity index (χ0) is 24.5. The number of carbonyl (C=O) groups is 2. The number of fused-ring (bicyclic) bond motifs is 2. The van der Waals surface area contributed by atoms with Gasteiger partial charge < -0.3 is 20.7 Å². The van der Waals surface area contributed by atoms with Gasteiger partial charge in [0.15, 0.2) is 6.04 Å². The first-order valence-electron chi connectivity index (χ1n) is 11.9. The molecule has 0 radical (unpaired) electrons. The molecule has 1 aliphatic carbocycles. The third kappa shape index (κ3) is 4.25. The molecule has 1 aliphatic rings. The third-order valence-corrected chi connectivity index (χ3v) is 6.94. The molecule has 0 aliphatic heterocycles. The van der Waals surface area contributed by atoms with Crippen molar-refractivity contribution in [1.29, 1.82) is 5.41 Å². The molecule has 0 spiro atoms. The van der Waals surface area contributed by atoms with E-state index in [2.05, 4.69) is 5.32 Å². The van der Waals surface area contributed by atoms with Gasteiger partial charge in [0.05, 0.1) is 5.52 Å². The third-order valence-electron chi connectivity index (χ3n) is 6.94. The highest BCUT2D eigenvalue weighted by atomic mass is 16.4. The first kappa shape index (κ1) is 22.7. The Kier molecular flexibility index (Phi) is 5.99. The number of nitrogens with zero attached hydrogens (tertiary/aromatic N) is 1. The van der Waals surface area contributed by atoms with Gasteiger partial charge in [-0.25, -0.2) is 4.79 Å². The van der Waals surface area contributed by atoms with Crippen LogP contribution in [0, 0.1) is 5.41 Å². The van der Waals surface area contributed by atoms with E-state index in [0.717, 1.165) is 41.8 Å². The number of amidine groups is 1. The van der Waals surface area contributed by atoms with E-state index in [0.29, 0.717) is 16.6 Å². The monoisotopic (exact) mass is 468 g/mol. The number of aromatic nitrogens is 1. The standard InChI is InChI=1S/C28H28N4O3/c29-26(30)19-14-13-18-15-24(27(33)31-20-9-2-1-3-10-20)32(23(18)16-19)25(28(34)35)22-12-6-8-17-7-4-5-11-21(17)22/h4-8,11-16,20,25H,1-3,9-10H2,(H3,29,30)(H,31,33)(H,34,35). The lowest BCUT2D eigenvalue weighted by Crippen LogP contribution is -2.38. The number of nitrogen functional groups attached to an aromatic ring is 1. The summed E-state index contributed by atoms with van der Waals surface area (Å²) >= 11 is 0. The van der Waals surface area contributed by atoms with Gasteiger partial charge in [0.1, 0.15) is 11.5 Å². The highest BCUT2D eigenvalue weighted by Crippen LogP contribution is 2.33. The Balaban J connectivity index is 1.73. The summed E-state index contributed by atoms with van der Waals surface area (Å²) in [6.45, 7) is 0. The van der Waals surface area contributed by atoms with Crippen LogP contribution in [-0.2, 0) is 4.79 Å². The smallest absolute Gasteiger partial charge is 0.331 e. The highest BCUT2D eigenvalue weighted by molar-refractivity contribution is 6.04. The number of carboxylic acid groups (broad SMARTS) is 1. The van der Waals surface area contributed by atoms with E-state index in [4.69, 9.17) is 11.1 Å². The Morgan fingerprint density at radius 2 is 1.71 bits per heavy atom. The van der Waals surface area contributed by atoms with Crippen molar-refractivity contribution in [2.45, 2.75) is 44.2 Å². The lowest BCUT2D eigenvalue weighted by atomic mass is 9.95. The second-order valence-electron chi connectivity index (χ2n) is 9.20. The molecule has 5 rings (SSSR count). The van der Waals surface area contributed by atoms with E-state index >= 15 is 0 Å². The number of amides is 1. The number of benzene rings is 3. The molecule has 7 heteroatoms. The fourth-order valence-electron chi connectivity index (χ4n) is 5.22. The summed E-state index contributed by atoms with van der Waals surface area (Å²) in [5.41, 5.74) is 7.64. The molecule has 1 fully saturated rings. The molecular weight excluding hydrogens is 440 g/mol. The van der Waals surface area contributed by atoms with Gasteiger partial charge in [0.2, 0.25) is 0 Å². The molecule has 5 N–H and O–H groups in total. The van der Waals surface area contributed by atoms with Crippen LogP contribution in [0.15, 0.2) is 66.7 Å². The molecule has 1 heterocycles. The van der Waals surface area contributed by atoms with E-state index in [1.54, 1.807) is 34.9 Å². The van der Waals surface area contributed by atoms with Crippen molar-refractivity contribution in [2.75, 3.05) is 0 Å². The van der Waals surface area contributed by atoms with Gasteiger partial charge in [-0.1, -0.05) is 73.9 Å². The van der Waals surface area contributed by atoms with Gasteiger partial charge in [0, 0.05) is 17.0 Å². The maximum Gasteiger partial charge on any atom is 0.331 e.